The molecule has 0 saturated carbocycles. The minimum Gasteiger partial charge on any atom is -0.454 e. The van der Waals surface area contributed by atoms with Gasteiger partial charge in [-0.2, -0.15) is 0 Å². The minimum absolute atomic E-state index is 0.0353. The molecule has 2 aliphatic rings. The third kappa shape index (κ3) is 2.55. The second-order valence-corrected chi connectivity index (χ2v) is 5.93. The largest absolute Gasteiger partial charge is 0.454 e. The number of para-hydroxylation sites is 1. The van der Waals surface area contributed by atoms with E-state index in [0.717, 1.165) is 44.0 Å². The van der Waals surface area contributed by atoms with Gasteiger partial charge in [0.05, 0.1) is 0 Å². The first-order chi connectivity index (χ1) is 9.20. The Morgan fingerprint density at radius 1 is 1.37 bits per heavy atom. The van der Waals surface area contributed by atoms with E-state index in [-0.39, 0.29) is 12.0 Å². The van der Waals surface area contributed by atoms with Gasteiger partial charge in [0.1, 0.15) is 0 Å². The number of hydrogen-bond acceptors (Lipinski definition) is 4. The summed E-state index contributed by atoms with van der Waals surface area (Å²) >= 11 is 0. The summed E-state index contributed by atoms with van der Waals surface area (Å²) in [5.74, 6) is 1.73. The van der Waals surface area contributed by atoms with Crippen molar-refractivity contribution in [1.29, 1.82) is 0 Å². The van der Waals surface area contributed by atoms with E-state index in [4.69, 9.17) is 9.47 Å². The molecule has 1 N–H and O–H groups in total. The second-order valence-electron chi connectivity index (χ2n) is 5.93. The molecule has 1 aromatic carbocycles. The molecule has 0 aliphatic carbocycles. The number of ether oxygens (including phenoxy) is 2. The number of piperidine rings is 1. The van der Waals surface area contributed by atoms with Crippen LogP contribution in [0.2, 0.25) is 0 Å². The molecule has 19 heavy (non-hydrogen) atoms. The normalized spacial score (nSPS) is 26.6. The Kier molecular flexibility index (Phi) is 3.37. The zero-order valence-electron chi connectivity index (χ0n) is 11.4. The van der Waals surface area contributed by atoms with Crippen LogP contribution in [0.3, 0.4) is 0 Å². The third-order valence-corrected chi connectivity index (χ3v) is 4.11. The number of likely N-dealkylation sites (tertiary alicyclic amines) is 1. The van der Waals surface area contributed by atoms with Crippen LogP contribution < -0.4 is 9.47 Å². The fourth-order valence-electron chi connectivity index (χ4n) is 3.05. The zero-order valence-corrected chi connectivity index (χ0v) is 11.4. The summed E-state index contributed by atoms with van der Waals surface area (Å²) in [6.45, 7) is 5.63. The van der Waals surface area contributed by atoms with Crippen LogP contribution in [0.4, 0.5) is 0 Å². The lowest BCUT2D eigenvalue weighted by atomic mass is 9.82. The van der Waals surface area contributed by atoms with Crippen molar-refractivity contribution in [3.8, 4) is 11.5 Å². The van der Waals surface area contributed by atoms with Crippen LogP contribution in [-0.2, 0) is 6.54 Å². The molecule has 3 rings (SSSR count). The monoisotopic (exact) mass is 263 g/mol. The van der Waals surface area contributed by atoms with Gasteiger partial charge in [-0.15, -0.1) is 0 Å². The van der Waals surface area contributed by atoms with E-state index in [2.05, 4.69) is 17.9 Å². The van der Waals surface area contributed by atoms with Crippen molar-refractivity contribution in [2.75, 3.05) is 26.5 Å². The molecule has 104 valence electrons. The number of aliphatic hydroxyl groups is 1. The Balaban J connectivity index is 1.73. The molecule has 2 aliphatic heterocycles. The van der Waals surface area contributed by atoms with E-state index in [0.29, 0.717) is 6.79 Å². The number of aliphatic hydroxyl groups excluding tert-OH is 1. The predicted molar refractivity (Wildman–Crippen MR) is 72.3 cm³/mol. The summed E-state index contributed by atoms with van der Waals surface area (Å²) < 4.78 is 11.0. The average molecular weight is 263 g/mol. The molecule has 1 unspecified atom stereocenters. The van der Waals surface area contributed by atoms with Gasteiger partial charge in [-0.05, 0) is 25.5 Å². The van der Waals surface area contributed by atoms with Crippen molar-refractivity contribution in [3.05, 3.63) is 23.8 Å². The number of hydrogen-bond donors (Lipinski definition) is 1. The van der Waals surface area contributed by atoms with Gasteiger partial charge >= 0.3 is 0 Å². The topological polar surface area (TPSA) is 41.9 Å². The van der Waals surface area contributed by atoms with E-state index < -0.39 is 0 Å². The maximum atomic E-state index is 9.52. The van der Waals surface area contributed by atoms with Crippen LogP contribution >= 0.6 is 0 Å². The van der Waals surface area contributed by atoms with Gasteiger partial charge < -0.3 is 14.6 Å². The molecule has 4 heteroatoms. The first-order valence-electron chi connectivity index (χ1n) is 6.91. The van der Waals surface area contributed by atoms with Crippen LogP contribution in [0, 0.1) is 5.41 Å². The molecule has 1 fully saturated rings. The molecular formula is C15H21NO3. The van der Waals surface area contributed by atoms with Crippen LogP contribution in [-0.4, -0.2) is 36.5 Å². The lowest BCUT2D eigenvalue weighted by Crippen LogP contribution is -2.43. The van der Waals surface area contributed by atoms with Crippen molar-refractivity contribution in [2.24, 2.45) is 5.41 Å². The van der Waals surface area contributed by atoms with E-state index in [1.165, 1.54) is 5.56 Å². The second kappa shape index (κ2) is 5.02. The van der Waals surface area contributed by atoms with Gasteiger partial charge in [-0.3, -0.25) is 4.90 Å². The van der Waals surface area contributed by atoms with E-state index in [1.807, 2.05) is 12.1 Å². The standard InChI is InChI=1S/C15H21NO3/c1-15(10-17)6-3-7-16(9-15)8-12-4-2-5-13-14(12)19-11-18-13/h2,4-5,17H,3,6-11H2,1H3. The molecule has 0 radical (unpaired) electrons. The Labute approximate surface area is 113 Å². The van der Waals surface area contributed by atoms with Gasteiger partial charge in [-0.25, -0.2) is 0 Å². The Hall–Kier alpha value is -1.26. The number of fused-ring (bicyclic) bond motifs is 1. The summed E-state index contributed by atoms with van der Waals surface area (Å²) in [4.78, 5) is 2.40. The van der Waals surface area contributed by atoms with Gasteiger partial charge in [0.15, 0.2) is 11.5 Å². The van der Waals surface area contributed by atoms with Gasteiger partial charge in [0.2, 0.25) is 6.79 Å². The Morgan fingerprint density at radius 2 is 2.26 bits per heavy atom. The van der Waals surface area contributed by atoms with E-state index in [1.54, 1.807) is 0 Å². The summed E-state index contributed by atoms with van der Waals surface area (Å²) in [6.07, 6.45) is 2.25. The quantitative estimate of drug-likeness (QED) is 0.906. The summed E-state index contributed by atoms with van der Waals surface area (Å²) in [7, 11) is 0. The molecule has 1 aromatic rings. The van der Waals surface area contributed by atoms with Gasteiger partial charge in [0.25, 0.3) is 0 Å². The highest BCUT2D eigenvalue weighted by Gasteiger charge is 2.31. The van der Waals surface area contributed by atoms with Crippen LogP contribution in [0.25, 0.3) is 0 Å². The molecule has 1 atom stereocenters. The minimum atomic E-state index is 0.0353. The smallest absolute Gasteiger partial charge is 0.231 e. The maximum absolute atomic E-state index is 9.52. The molecule has 0 bridgehead atoms. The molecule has 0 aromatic heterocycles. The first kappa shape index (κ1) is 12.8. The fourth-order valence-corrected chi connectivity index (χ4v) is 3.05. The Morgan fingerprint density at radius 3 is 3.11 bits per heavy atom. The van der Waals surface area contributed by atoms with Crippen LogP contribution in [0.5, 0.6) is 11.5 Å². The molecule has 4 nitrogen and oxygen atoms in total. The number of rotatable bonds is 3. The molecule has 0 amide bonds. The first-order valence-corrected chi connectivity index (χ1v) is 6.91. The van der Waals surface area contributed by atoms with Crippen molar-refractivity contribution >= 4 is 0 Å². The number of nitrogens with zero attached hydrogens (tertiary/aromatic N) is 1. The Bertz CT molecular complexity index is 463. The van der Waals surface area contributed by atoms with E-state index in [9.17, 15) is 5.11 Å². The zero-order chi connectivity index (χ0) is 13.3. The third-order valence-electron chi connectivity index (χ3n) is 4.11. The molecule has 2 heterocycles. The van der Waals surface area contributed by atoms with Crippen molar-refractivity contribution in [1.82, 2.24) is 4.90 Å². The summed E-state index contributed by atoms with van der Waals surface area (Å²) in [6, 6.07) is 6.05. The SMILES string of the molecule is CC1(CO)CCCN(Cc2cccc3c2OCO3)C1. The molecular weight excluding hydrogens is 242 g/mol. The maximum Gasteiger partial charge on any atom is 0.231 e. The van der Waals surface area contributed by atoms with Crippen molar-refractivity contribution in [3.63, 3.8) is 0 Å². The van der Waals surface area contributed by atoms with Gasteiger partial charge in [-0.1, -0.05) is 19.1 Å². The predicted octanol–water partition coefficient (Wildman–Crippen LogP) is 2.01. The average Bonchev–Trinajstić information content (AvgIpc) is 2.88. The molecule has 0 spiro atoms. The fraction of sp³-hybridized carbons (Fsp3) is 0.600. The number of benzene rings is 1. The lowest BCUT2D eigenvalue weighted by molar-refractivity contribution is 0.0425. The van der Waals surface area contributed by atoms with Crippen molar-refractivity contribution < 1.29 is 14.6 Å². The highest BCUT2D eigenvalue weighted by Crippen LogP contribution is 2.37. The summed E-state index contributed by atoms with van der Waals surface area (Å²) in [5, 5.41) is 9.52. The lowest BCUT2D eigenvalue weighted by Gasteiger charge is -2.39. The highest BCUT2D eigenvalue weighted by atomic mass is 16.7. The van der Waals surface area contributed by atoms with Crippen LogP contribution in [0.1, 0.15) is 25.3 Å². The van der Waals surface area contributed by atoms with Gasteiger partial charge in [0, 0.05) is 30.7 Å². The van der Waals surface area contributed by atoms with Crippen molar-refractivity contribution in [2.45, 2.75) is 26.3 Å². The van der Waals surface area contributed by atoms with Crippen LogP contribution in [0.15, 0.2) is 18.2 Å². The molecule has 1 saturated heterocycles. The van der Waals surface area contributed by atoms with E-state index >= 15 is 0 Å². The highest BCUT2D eigenvalue weighted by molar-refractivity contribution is 5.48. The summed E-state index contributed by atoms with van der Waals surface area (Å²) in [5.41, 5.74) is 1.21.